The lowest BCUT2D eigenvalue weighted by molar-refractivity contribution is -0.133. The summed E-state index contributed by atoms with van der Waals surface area (Å²) < 4.78 is 8.55. The molecule has 8 nitrogen and oxygen atoms in total. The number of aromatic nitrogens is 1. The summed E-state index contributed by atoms with van der Waals surface area (Å²) in [7, 11) is 7.65. The molecule has 1 aliphatic rings. The Kier molecular flexibility index (Phi) is 9.10. The van der Waals surface area contributed by atoms with Crippen LogP contribution in [-0.2, 0) is 23.2 Å². The Bertz CT molecular complexity index is 1320. The number of ether oxygens (including phenoxy) is 1. The van der Waals surface area contributed by atoms with Crippen LogP contribution in [0.1, 0.15) is 36.3 Å². The van der Waals surface area contributed by atoms with Gasteiger partial charge in [0.2, 0.25) is 5.91 Å². The number of hydrogen-bond acceptors (Lipinski definition) is 5. The second kappa shape index (κ2) is 12.3. The Morgan fingerprint density at radius 3 is 2.54 bits per heavy atom. The number of aliphatic hydroxyl groups is 1. The molecule has 0 spiro atoms. The molecule has 1 aromatic heterocycles. The monoisotopic (exact) mass is 534 g/mol. The van der Waals surface area contributed by atoms with Crippen LogP contribution in [0.4, 0.5) is 0 Å². The van der Waals surface area contributed by atoms with Crippen LogP contribution in [0.2, 0.25) is 0 Å². The average molecular weight is 535 g/mol. The van der Waals surface area contributed by atoms with Gasteiger partial charge in [0.15, 0.2) is 0 Å². The van der Waals surface area contributed by atoms with Crippen molar-refractivity contribution in [3.05, 3.63) is 59.8 Å². The first kappa shape index (κ1) is 28.8. The standard InChI is InChI=1S/C31H42N4O4/c1-21-17-35(22(2)19-36)31(38)30-29(25-13-9-10-14-26(25)34(30)6)24-12-8-7-11-23(24)20-39-27(21)18-33(5)28(37)15-16-32(3)4/h7-14,21-22,27,36H,15-20H2,1-6H3/t21-,22-,27-/m0/s1. The molecule has 0 aliphatic carbocycles. The lowest BCUT2D eigenvalue weighted by Gasteiger charge is -2.35. The average Bonchev–Trinajstić information content (AvgIpc) is 3.22. The fourth-order valence-corrected chi connectivity index (χ4v) is 5.41. The van der Waals surface area contributed by atoms with E-state index in [4.69, 9.17) is 4.74 Å². The third kappa shape index (κ3) is 6.03. The van der Waals surface area contributed by atoms with Crippen molar-refractivity contribution in [3.8, 4) is 11.1 Å². The number of hydrogen-bond donors (Lipinski definition) is 1. The van der Waals surface area contributed by atoms with Gasteiger partial charge in [-0.05, 0) is 38.2 Å². The van der Waals surface area contributed by atoms with Gasteiger partial charge in [0.1, 0.15) is 5.69 Å². The molecule has 0 bridgehead atoms. The molecule has 0 fully saturated rings. The highest BCUT2D eigenvalue weighted by Crippen LogP contribution is 2.38. The fourth-order valence-electron chi connectivity index (χ4n) is 5.41. The molecule has 2 amide bonds. The quantitative estimate of drug-likeness (QED) is 0.501. The molecule has 0 saturated heterocycles. The SMILES string of the molecule is C[C@H]1CN([C@@H](C)CO)C(=O)c2c(c3ccccc3n2C)-c2ccccc2CO[C@H]1CN(C)C(=O)CCN(C)C. The summed E-state index contributed by atoms with van der Waals surface area (Å²) in [6.07, 6.45) is 0.132. The number of carbonyl (C=O) groups is 2. The second-order valence-corrected chi connectivity index (χ2v) is 11.1. The van der Waals surface area contributed by atoms with E-state index in [2.05, 4.69) is 13.0 Å². The molecule has 39 heavy (non-hydrogen) atoms. The van der Waals surface area contributed by atoms with Crippen molar-refractivity contribution in [3.63, 3.8) is 0 Å². The van der Waals surface area contributed by atoms with E-state index in [1.807, 2.05) is 87.0 Å². The predicted molar refractivity (Wildman–Crippen MR) is 154 cm³/mol. The van der Waals surface area contributed by atoms with Gasteiger partial charge in [-0.2, -0.15) is 0 Å². The number of amides is 2. The highest BCUT2D eigenvalue weighted by molar-refractivity contribution is 6.10. The minimum atomic E-state index is -0.387. The Hall–Kier alpha value is -3.20. The van der Waals surface area contributed by atoms with E-state index in [1.165, 1.54) is 0 Å². The Labute approximate surface area is 231 Å². The van der Waals surface area contributed by atoms with Crippen LogP contribution in [0, 0.1) is 5.92 Å². The minimum absolute atomic E-state index is 0.0600. The van der Waals surface area contributed by atoms with E-state index in [-0.39, 0.29) is 36.5 Å². The highest BCUT2D eigenvalue weighted by atomic mass is 16.5. The van der Waals surface area contributed by atoms with Crippen molar-refractivity contribution in [1.29, 1.82) is 0 Å². The van der Waals surface area contributed by atoms with Crippen LogP contribution in [0.25, 0.3) is 22.0 Å². The summed E-state index contributed by atoms with van der Waals surface area (Å²) in [4.78, 5) is 32.7. The van der Waals surface area contributed by atoms with Gasteiger partial charge in [0, 0.05) is 62.5 Å². The van der Waals surface area contributed by atoms with Crippen molar-refractivity contribution in [1.82, 2.24) is 19.3 Å². The summed E-state index contributed by atoms with van der Waals surface area (Å²) >= 11 is 0. The third-order valence-corrected chi connectivity index (χ3v) is 7.88. The molecule has 4 rings (SSSR count). The maximum absolute atomic E-state index is 14.4. The number of aryl methyl sites for hydroxylation is 1. The lowest BCUT2D eigenvalue weighted by Crippen LogP contribution is -2.48. The van der Waals surface area contributed by atoms with Crippen molar-refractivity contribution in [2.45, 2.75) is 39.0 Å². The number of para-hydroxylation sites is 1. The summed E-state index contributed by atoms with van der Waals surface area (Å²) in [5.41, 5.74) is 4.41. The normalized spacial score (nSPS) is 19.0. The van der Waals surface area contributed by atoms with E-state index in [0.717, 1.165) is 27.6 Å². The van der Waals surface area contributed by atoms with Gasteiger partial charge in [-0.25, -0.2) is 0 Å². The van der Waals surface area contributed by atoms with Crippen molar-refractivity contribution in [2.75, 3.05) is 47.4 Å². The highest BCUT2D eigenvalue weighted by Gasteiger charge is 2.33. The third-order valence-electron chi connectivity index (χ3n) is 7.88. The molecule has 0 saturated carbocycles. The zero-order valence-electron chi connectivity index (χ0n) is 24.1. The maximum atomic E-state index is 14.4. The Balaban J connectivity index is 1.80. The summed E-state index contributed by atoms with van der Waals surface area (Å²) in [6.45, 7) is 5.62. The van der Waals surface area contributed by atoms with Gasteiger partial charge < -0.3 is 29.1 Å². The number of benzene rings is 2. The van der Waals surface area contributed by atoms with Gasteiger partial charge in [-0.3, -0.25) is 9.59 Å². The van der Waals surface area contributed by atoms with Crippen molar-refractivity contribution in [2.24, 2.45) is 13.0 Å². The van der Waals surface area contributed by atoms with Crippen LogP contribution in [0.3, 0.4) is 0 Å². The number of aliphatic hydroxyl groups excluding tert-OH is 1. The van der Waals surface area contributed by atoms with E-state index in [0.29, 0.717) is 38.4 Å². The molecule has 0 radical (unpaired) electrons. The Morgan fingerprint density at radius 2 is 1.82 bits per heavy atom. The summed E-state index contributed by atoms with van der Waals surface area (Å²) in [5.74, 6) is -0.150. The lowest BCUT2D eigenvalue weighted by atomic mass is 9.96. The Morgan fingerprint density at radius 1 is 1.13 bits per heavy atom. The van der Waals surface area contributed by atoms with Crippen LogP contribution < -0.4 is 0 Å². The number of likely N-dealkylation sites (N-methyl/N-ethyl adjacent to an activating group) is 1. The zero-order valence-corrected chi connectivity index (χ0v) is 24.1. The number of nitrogens with zero attached hydrogens (tertiary/aromatic N) is 4. The first-order valence-electron chi connectivity index (χ1n) is 13.7. The van der Waals surface area contributed by atoms with E-state index >= 15 is 0 Å². The molecule has 1 aliphatic heterocycles. The smallest absolute Gasteiger partial charge is 0.271 e. The molecule has 0 unspecified atom stereocenters. The number of carbonyl (C=O) groups excluding carboxylic acids is 2. The molecule has 2 aromatic carbocycles. The molecular formula is C31H42N4O4. The van der Waals surface area contributed by atoms with Gasteiger partial charge in [-0.15, -0.1) is 0 Å². The van der Waals surface area contributed by atoms with Crippen LogP contribution in [-0.4, -0.2) is 95.7 Å². The van der Waals surface area contributed by atoms with E-state index in [1.54, 1.807) is 9.80 Å². The second-order valence-electron chi connectivity index (χ2n) is 11.1. The van der Waals surface area contributed by atoms with Crippen molar-refractivity contribution < 1.29 is 19.4 Å². The topological polar surface area (TPSA) is 78.2 Å². The maximum Gasteiger partial charge on any atom is 0.271 e. The summed E-state index contributed by atoms with van der Waals surface area (Å²) in [6, 6.07) is 15.7. The largest absolute Gasteiger partial charge is 0.394 e. The van der Waals surface area contributed by atoms with Crippen molar-refractivity contribution >= 4 is 22.7 Å². The predicted octanol–water partition coefficient (Wildman–Crippen LogP) is 3.61. The molecule has 8 heteroatoms. The van der Waals surface area contributed by atoms with E-state index in [9.17, 15) is 14.7 Å². The molecule has 1 N–H and O–H groups in total. The molecule has 210 valence electrons. The van der Waals surface area contributed by atoms with Gasteiger partial charge >= 0.3 is 0 Å². The number of rotatable bonds is 7. The zero-order chi connectivity index (χ0) is 28.3. The first-order chi connectivity index (χ1) is 18.6. The van der Waals surface area contributed by atoms with Gasteiger partial charge in [0.05, 0.1) is 25.4 Å². The van der Waals surface area contributed by atoms with Gasteiger partial charge in [-0.1, -0.05) is 49.4 Å². The van der Waals surface area contributed by atoms with Crippen LogP contribution in [0.5, 0.6) is 0 Å². The summed E-state index contributed by atoms with van der Waals surface area (Å²) in [5, 5.41) is 11.2. The molecule has 2 heterocycles. The van der Waals surface area contributed by atoms with E-state index < -0.39 is 0 Å². The molecular weight excluding hydrogens is 492 g/mol. The first-order valence-corrected chi connectivity index (χ1v) is 13.7. The van der Waals surface area contributed by atoms with Crippen LogP contribution >= 0.6 is 0 Å². The van der Waals surface area contributed by atoms with Crippen LogP contribution in [0.15, 0.2) is 48.5 Å². The minimum Gasteiger partial charge on any atom is -0.394 e. The fraction of sp³-hybridized carbons (Fsp3) is 0.484. The number of fused-ring (bicyclic) bond motifs is 5. The molecule has 3 atom stereocenters. The molecule has 3 aromatic rings. The van der Waals surface area contributed by atoms with Gasteiger partial charge in [0.25, 0.3) is 5.91 Å².